The molecule has 0 aliphatic carbocycles. The van der Waals surface area contributed by atoms with Crippen LogP contribution >= 0.6 is 0 Å². The fourth-order valence-electron chi connectivity index (χ4n) is 1.60. The van der Waals surface area contributed by atoms with Gasteiger partial charge in [0.15, 0.2) is 0 Å². The van der Waals surface area contributed by atoms with Crippen molar-refractivity contribution in [1.29, 1.82) is 0 Å². The largest absolute Gasteiger partial charge is 0.394 e. The SMILES string of the molecule is CCN(CC)C(=O)C(C)N(C)C(C)(C)CO. The highest BCUT2D eigenvalue weighted by Gasteiger charge is 2.31. The van der Waals surface area contributed by atoms with Crippen molar-refractivity contribution in [3.05, 3.63) is 0 Å². The summed E-state index contributed by atoms with van der Waals surface area (Å²) < 4.78 is 0. The Balaban J connectivity index is 4.66. The first-order valence-corrected chi connectivity index (χ1v) is 5.94. The van der Waals surface area contributed by atoms with Gasteiger partial charge in [-0.15, -0.1) is 0 Å². The van der Waals surface area contributed by atoms with Crippen LogP contribution in [0.15, 0.2) is 0 Å². The number of aliphatic hydroxyl groups is 1. The van der Waals surface area contributed by atoms with Crippen LogP contribution < -0.4 is 0 Å². The van der Waals surface area contributed by atoms with Gasteiger partial charge in [-0.2, -0.15) is 0 Å². The van der Waals surface area contributed by atoms with Crippen LogP contribution in [0, 0.1) is 0 Å². The third kappa shape index (κ3) is 3.46. The summed E-state index contributed by atoms with van der Waals surface area (Å²) in [6, 6.07) is -0.206. The summed E-state index contributed by atoms with van der Waals surface area (Å²) in [7, 11) is 1.88. The summed E-state index contributed by atoms with van der Waals surface area (Å²) in [5.41, 5.74) is -0.373. The van der Waals surface area contributed by atoms with E-state index in [2.05, 4.69) is 0 Å². The van der Waals surface area contributed by atoms with Gasteiger partial charge in [0, 0.05) is 18.6 Å². The van der Waals surface area contributed by atoms with Crippen molar-refractivity contribution in [2.75, 3.05) is 26.7 Å². The molecule has 0 aliphatic rings. The highest BCUT2D eigenvalue weighted by Crippen LogP contribution is 2.16. The molecule has 4 nitrogen and oxygen atoms in total. The van der Waals surface area contributed by atoms with Gasteiger partial charge < -0.3 is 10.0 Å². The van der Waals surface area contributed by atoms with Crippen LogP contribution in [-0.2, 0) is 4.79 Å². The molecule has 0 aromatic carbocycles. The molecule has 96 valence electrons. The first-order chi connectivity index (χ1) is 7.31. The second-order valence-corrected chi connectivity index (χ2v) is 4.77. The molecule has 0 aliphatic heterocycles. The first kappa shape index (κ1) is 15.4. The predicted molar refractivity (Wildman–Crippen MR) is 66.3 cm³/mol. The summed E-state index contributed by atoms with van der Waals surface area (Å²) in [5, 5.41) is 9.28. The van der Waals surface area contributed by atoms with Gasteiger partial charge in [-0.05, 0) is 41.7 Å². The monoisotopic (exact) mass is 230 g/mol. The van der Waals surface area contributed by atoms with Crippen molar-refractivity contribution in [2.24, 2.45) is 0 Å². The second kappa shape index (κ2) is 6.21. The van der Waals surface area contributed by atoms with Gasteiger partial charge in [0.2, 0.25) is 5.91 Å². The lowest BCUT2D eigenvalue weighted by atomic mass is 10.0. The zero-order valence-electron chi connectivity index (χ0n) is 11.4. The zero-order chi connectivity index (χ0) is 12.9. The second-order valence-electron chi connectivity index (χ2n) is 4.77. The molecular weight excluding hydrogens is 204 g/mol. The lowest BCUT2D eigenvalue weighted by molar-refractivity contribution is -0.138. The van der Waals surface area contributed by atoms with Crippen molar-refractivity contribution in [3.8, 4) is 0 Å². The van der Waals surface area contributed by atoms with Gasteiger partial charge in [-0.3, -0.25) is 9.69 Å². The molecule has 1 N–H and O–H groups in total. The van der Waals surface area contributed by atoms with Crippen LogP contribution in [0.5, 0.6) is 0 Å². The van der Waals surface area contributed by atoms with Crippen molar-refractivity contribution < 1.29 is 9.90 Å². The maximum absolute atomic E-state index is 12.1. The molecule has 0 aromatic heterocycles. The first-order valence-electron chi connectivity index (χ1n) is 5.94. The van der Waals surface area contributed by atoms with E-state index in [1.54, 1.807) is 0 Å². The minimum absolute atomic E-state index is 0.0410. The smallest absolute Gasteiger partial charge is 0.239 e. The quantitative estimate of drug-likeness (QED) is 0.739. The lowest BCUT2D eigenvalue weighted by Gasteiger charge is -2.39. The van der Waals surface area contributed by atoms with Gasteiger partial charge in [0.1, 0.15) is 0 Å². The molecule has 0 fully saturated rings. The number of carbonyl (C=O) groups excluding carboxylic acids is 1. The third-order valence-corrected chi connectivity index (χ3v) is 3.36. The molecule has 1 amide bonds. The Morgan fingerprint density at radius 2 is 1.75 bits per heavy atom. The lowest BCUT2D eigenvalue weighted by Crippen LogP contribution is -2.54. The molecule has 0 heterocycles. The Kier molecular flexibility index (Phi) is 5.97. The number of amides is 1. The van der Waals surface area contributed by atoms with E-state index in [0.717, 1.165) is 13.1 Å². The highest BCUT2D eigenvalue weighted by atomic mass is 16.3. The standard InChI is InChI=1S/C12H26N2O2/c1-7-14(8-2)11(16)10(3)13(6)12(4,5)9-15/h10,15H,7-9H2,1-6H3. The van der Waals surface area contributed by atoms with E-state index in [-0.39, 0.29) is 24.1 Å². The predicted octanol–water partition coefficient (Wildman–Crippen LogP) is 0.946. The van der Waals surface area contributed by atoms with E-state index < -0.39 is 0 Å². The Morgan fingerprint density at radius 3 is 2.06 bits per heavy atom. The number of rotatable bonds is 6. The van der Waals surface area contributed by atoms with Crippen LogP contribution in [0.4, 0.5) is 0 Å². The Bertz CT molecular complexity index is 225. The highest BCUT2D eigenvalue weighted by molar-refractivity contribution is 5.81. The maximum atomic E-state index is 12.1. The molecule has 0 aromatic rings. The molecule has 0 bridgehead atoms. The van der Waals surface area contributed by atoms with Gasteiger partial charge in [0.25, 0.3) is 0 Å². The Hall–Kier alpha value is -0.610. The molecular formula is C12H26N2O2. The summed E-state index contributed by atoms with van der Waals surface area (Å²) >= 11 is 0. The van der Waals surface area contributed by atoms with Crippen LogP contribution in [0.3, 0.4) is 0 Å². The minimum Gasteiger partial charge on any atom is -0.394 e. The third-order valence-electron chi connectivity index (χ3n) is 3.36. The fraction of sp³-hybridized carbons (Fsp3) is 0.917. The normalized spacial score (nSPS) is 14.0. The molecule has 4 heteroatoms. The average Bonchev–Trinajstić information content (AvgIpc) is 2.28. The van der Waals surface area contributed by atoms with E-state index >= 15 is 0 Å². The summed E-state index contributed by atoms with van der Waals surface area (Å²) in [6.45, 7) is 11.2. The van der Waals surface area contributed by atoms with Gasteiger partial charge >= 0.3 is 0 Å². The maximum Gasteiger partial charge on any atom is 0.239 e. The molecule has 1 unspecified atom stereocenters. The summed E-state index contributed by atoms with van der Waals surface area (Å²) in [5.74, 6) is 0.119. The number of hydrogen-bond donors (Lipinski definition) is 1. The van der Waals surface area contributed by atoms with E-state index in [0.29, 0.717) is 0 Å². The summed E-state index contributed by atoms with van der Waals surface area (Å²) in [6.07, 6.45) is 0. The van der Waals surface area contributed by atoms with Crippen LogP contribution in [0.25, 0.3) is 0 Å². The van der Waals surface area contributed by atoms with Gasteiger partial charge in [0.05, 0.1) is 12.6 Å². The average molecular weight is 230 g/mol. The molecule has 0 saturated heterocycles. The molecule has 0 radical (unpaired) electrons. The minimum atomic E-state index is -0.373. The van der Waals surface area contributed by atoms with Crippen molar-refractivity contribution in [2.45, 2.75) is 46.2 Å². The fourth-order valence-corrected chi connectivity index (χ4v) is 1.60. The van der Waals surface area contributed by atoms with E-state index in [1.807, 2.05) is 51.5 Å². The van der Waals surface area contributed by atoms with E-state index in [1.165, 1.54) is 0 Å². The molecule has 1 atom stereocenters. The molecule has 16 heavy (non-hydrogen) atoms. The zero-order valence-corrected chi connectivity index (χ0v) is 11.4. The van der Waals surface area contributed by atoms with Crippen molar-refractivity contribution >= 4 is 5.91 Å². The van der Waals surface area contributed by atoms with Gasteiger partial charge in [-0.1, -0.05) is 0 Å². The Morgan fingerprint density at radius 1 is 1.31 bits per heavy atom. The number of carbonyl (C=O) groups is 1. The van der Waals surface area contributed by atoms with Crippen LogP contribution in [0.1, 0.15) is 34.6 Å². The Labute approximate surface area is 99.2 Å². The van der Waals surface area contributed by atoms with E-state index in [4.69, 9.17) is 0 Å². The summed E-state index contributed by atoms with van der Waals surface area (Å²) in [4.78, 5) is 15.9. The van der Waals surface area contributed by atoms with Gasteiger partial charge in [-0.25, -0.2) is 0 Å². The topological polar surface area (TPSA) is 43.8 Å². The van der Waals surface area contributed by atoms with Crippen molar-refractivity contribution in [1.82, 2.24) is 9.80 Å². The molecule has 0 spiro atoms. The molecule has 0 saturated carbocycles. The number of aliphatic hydroxyl groups excluding tert-OH is 1. The van der Waals surface area contributed by atoms with Crippen molar-refractivity contribution in [3.63, 3.8) is 0 Å². The number of nitrogens with zero attached hydrogens (tertiary/aromatic N) is 2. The van der Waals surface area contributed by atoms with Crippen LogP contribution in [-0.4, -0.2) is 59.1 Å². The number of likely N-dealkylation sites (N-methyl/N-ethyl adjacent to an activating group) is 2. The van der Waals surface area contributed by atoms with E-state index in [9.17, 15) is 9.90 Å². The molecule has 0 rings (SSSR count). The number of hydrogen-bond acceptors (Lipinski definition) is 3. The van der Waals surface area contributed by atoms with Crippen LogP contribution in [0.2, 0.25) is 0 Å².